The normalized spacial score (nSPS) is 12.5. The minimum atomic E-state index is -0.272. The third kappa shape index (κ3) is 13.3. The van der Waals surface area contributed by atoms with Gasteiger partial charge in [-0.2, -0.15) is 0 Å². The molecule has 0 aliphatic rings. The lowest BCUT2D eigenvalue weighted by Gasteiger charge is -2.32. The van der Waals surface area contributed by atoms with E-state index in [1.165, 1.54) is 0 Å². The number of rotatable bonds is 18. The summed E-state index contributed by atoms with van der Waals surface area (Å²) in [6, 6.07) is 5.74. The molecule has 1 aromatic carbocycles. The fourth-order valence-electron chi connectivity index (χ4n) is 3.86. The molecule has 0 aliphatic carbocycles. The van der Waals surface area contributed by atoms with Crippen LogP contribution in [0.5, 0.6) is 11.5 Å². The maximum Gasteiger partial charge on any atom is 0.311 e. The summed E-state index contributed by atoms with van der Waals surface area (Å²) < 4.78 is 25.8. The van der Waals surface area contributed by atoms with Crippen molar-refractivity contribution in [3.05, 3.63) is 35.7 Å². The van der Waals surface area contributed by atoms with Crippen LogP contribution in [0.4, 0.5) is 0 Å². The molecular formula is C31H52BN3O5. The average molecular weight is 558 g/mol. The van der Waals surface area contributed by atoms with E-state index in [9.17, 15) is 4.79 Å². The van der Waals surface area contributed by atoms with Crippen molar-refractivity contribution >= 4 is 13.8 Å². The molecule has 40 heavy (non-hydrogen) atoms. The van der Waals surface area contributed by atoms with E-state index in [4.69, 9.17) is 18.9 Å². The second kappa shape index (κ2) is 15.6. The molecule has 2 aromatic rings. The molecule has 0 atom stereocenters. The Morgan fingerprint density at radius 3 is 2.38 bits per heavy atom. The fraction of sp³-hybridized carbons (Fsp3) is 0.710. The van der Waals surface area contributed by atoms with Crippen LogP contribution in [0.25, 0.3) is 0 Å². The van der Waals surface area contributed by atoms with Crippen molar-refractivity contribution in [2.45, 2.75) is 118 Å². The van der Waals surface area contributed by atoms with Crippen LogP contribution in [-0.4, -0.2) is 59.8 Å². The lowest BCUT2D eigenvalue weighted by molar-refractivity contribution is -0.134. The average Bonchev–Trinajstić information content (AvgIpc) is 3.32. The van der Waals surface area contributed by atoms with Crippen molar-refractivity contribution in [2.75, 3.05) is 19.8 Å². The van der Waals surface area contributed by atoms with Crippen LogP contribution in [0.2, 0.25) is 0 Å². The topological polar surface area (TPSA) is 84.7 Å². The number of esters is 1. The highest BCUT2D eigenvalue weighted by molar-refractivity contribution is 6.08. The van der Waals surface area contributed by atoms with E-state index >= 15 is 0 Å². The molecule has 2 rings (SSSR count). The summed E-state index contributed by atoms with van der Waals surface area (Å²) in [5.41, 5.74) is 1.73. The Kier molecular flexibility index (Phi) is 13.2. The maximum absolute atomic E-state index is 12.0. The van der Waals surface area contributed by atoms with E-state index in [1.54, 1.807) is 0 Å². The Labute approximate surface area is 242 Å². The summed E-state index contributed by atoms with van der Waals surface area (Å²) >= 11 is 0. The molecule has 0 N–H and O–H groups in total. The van der Waals surface area contributed by atoms with E-state index in [-0.39, 0.29) is 22.6 Å². The molecule has 0 amide bonds. The molecule has 0 bridgehead atoms. The molecule has 0 unspecified atom stereocenters. The third-order valence-corrected chi connectivity index (χ3v) is 6.55. The van der Waals surface area contributed by atoms with Crippen molar-refractivity contribution in [3.8, 4) is 11.5 Å². The summed E-state index contributed by atoms with van der Waals surface area (Å²) in [6.45, 7) is 19.6. The summed E-state index contributed by atoms with van der Waals surface area (Å²) in [4.78, 5) is 12.0. The Hall–Kier alpha value is -2.39. The Morgan fingerprint density at radius 2 is 1.70 bits per heavy atom. The monoisotopic (exact) mass is 557 g/mol. The zero-order chi connectivity index (χ0) is 29.8. The number of aromatic nitrogens is 3. The van der Waals surface area contributed by atoms with Crippen LogP contribution in [0, 0.1) is 5.41 Å². The highest BCUT2D eigenvalue weighted by atomic mass is 16.6. The van der Waals surface area contributed by atoms with Gasteiger partial charge in [-0.15, -0.1) is 5.10 Å². The van der Waals surface area contributed by atoms with Crippen LogP contribution < -0.4 is 9.47 Å². The summed E-state index contributed by atoms with van der Waals surface area (Å²) in [5, 5.41) is 8.63. The number of benzene rings is 1. The van der Waals surface area contributed by atoms with Crippen molar-refractivity contribution in [3.63, 3.8) is 0 Å². The van der Waals surface area contributed by atoms with Gasteiger partial charge in [0, 0.05) is 19.2 Å². The van der Waals surface area contributed by atoms with Gasteiger partial charge in [0.1, 0.15) is 7.85 Å². The highest BCUT2D eigenvalue weighted by Gasteiger charge is 2.25. The predicted octanol–water partition coefficient (Wildman–Crippen LogP) is 5.55. The van der Waals surface area contributed by atoms with E-state index in [0.29, 0.717) is 31.1 Å². The SMILES string of the molecule is BCc1ccc(OC(=O)CCC)c(OCCCc2cn(CCC(C)(C)OCCC(C)(C)OCC(C)(C)C)nn2)c1. The smallest absolute Gasteiger partial charge is 0.311 e. The van der Waals surface area contributed by atoms with E-state index in [0.717, 1.165) is 62.8 Å². The number of carbonyl (C=O) groups is 1. The number of carbonyl (C=O) groups excluding carboxylic acids is 1. The van der Waals surface area contributed by atoms with Crippen LogP contribution in [0.3, 0.4) is 0 Å². The first-order valence-corrected chi connectivity index (χ1v) is 14.9. The van der Waals surface area contributed by atoms with Gasteiger partial charge in [0.2, 0.25) is 0 Å². The summed E-state index contributed by atoms with van der Waals surface area (Å²) in [7, 11) is 2.09. The molecule has 224 valence electrons. The number of nitrogens with zero attached hydrogens (tertiary/aromatic N) is 3. The molecule has 8 nitrogen and oxygen atoms in total. The van der Waals surface area contributed by atoms with E-state index in [1.807, 2.05) is 36.0 Å². The van der Waals surface area contributed by atoms with Gasteiger partial charge in [0.25, 0.3) is 0 Å². The predicted molar refractivity (Wildman–Crippen MR) is 162 cm³/mol. The summed E-state index contributed by atoms with van der Waals surface area (Å²) in [6.07, 6.45) is 7.21. The van der Waals surface area contributed by atoms with Crippen LogP contribution in [0.15, 0.2) is 24.4 Å². The molecule has 0 saturated heterocycles. The van der Waals surface area contributed by atoms with Crippen LogP contribution >= 0.6 is 0 Å². The van der Waals surface area contributed by atoms with Gasteiger partial charge in [0.05, 0.1) is 36.7 Å². The molecule has 0 aliphatic heterocycles. The lowest BCUT2D eigenvalue weighted by Crippen LogP contribution is -2.33. The molecule has 9 heteroatoms. The second-order valence-corrected chi connectivity index (χ2v) is 13.0. The first-order valence-electron chi connectivity index (χ1n) is 14.9. The van der Waals surface area contributed by atoms with Crippen molar-refractivity contribution < 1.29 is 23.7 Å². The Bertz CT molecular complexity index is 1050. The fourth-order valence-corrected chi connectivity index (χ4v) is 3.86. The number of hydrogen-bond acceptors (Lipinski definition) is 7. The van der Waals surface area contributed by atoms with Crippen molar-refractivity contribution in [1.29, 1.82) is 0 Å². The molecule has 0 saturated carbocycles. The Balaban J connectivity index is 1.76. The van der Waals surface area contributed by atoms with Gasteiger partial charge >= 0.3 is 5.97 Å². The number of aryl methyl sites for hydroxylation is 2. The molecule has 0 radical (unpaired) electrons. The quantitative estimate of drug-likeness (QED) is 0.103. The first kappa shape index (κ1) is 33.8. The maximum atomic E-state index is 12.0. The summed E-state index contributed by atoms with van der Waals surface area (Å²) in [5.74, 6) is 0.849. The Morgan fingerprint density at radius 1 is 0.975 bits per heavy atom. The van der Waals surface area contributed by atoms with E-state index in [2.05, 4.69) is 66.6 Å². The second-order valence-electron chi connectivity index (χ2n) is 13.0. The van der Waals surface area contributed by atoms with Gasteiger partial charge in [-0.05, 0) is 77.3 Å². The molecule has 0 spiro atoms. The van der Waals surface area contributed by atoms with Crippen LogP contribution in [0.1, 0.15) is 98.8 Å². The zero-order valence-electron chi connectivity index (χ0n) is 26.5. The number of hydrogen-bond donors (Lipinski definition) is 0. The third-order valence-electron chi connectivity index (χ3n) is 6.55. The first-order chi connectivity index (χ1) is 18.7. The molecule has 1 heterocycles. The van der Waals surface area contributed by atoms with Crippen LogP contribution in [-0.2, 0) is 33.6 Å². The van der Waals surface area contributed by atoms with Gasteiger partial charge in [-0.1, -0.05) is 50.9 Å². The largest absolute Gasteiger partial charge is 0.490 e. The molecule has 0 fully saturated rings. The van der Waals surface area contributed by atoms with Gasteiger partial charge in [-0.25, -0.2) is 0 Å². The standard InChI is InChI=1S/C31H52BN3O5/c1-9-11-28(36)40-26-14-13-24(21-32)20-27(26)37-18-10-12-25-22-35(34-33-25)17-15-30(5,6)38-19-16-31(7,8)39-23-29(2,3)4/h13-14,20,22H,9-12,15-19,21,23,32H2,1-8H3. The highest BCUT2D eigenvalue weighted by Crippen LogP contribution is 2.29. The minimum absolute atomic E-state index is 0.149. The molecule has 1 aromatic heterocycles. The molecular weight excluding hydrogens is 505 g/mol. The minimum Gasteiger partial charge on any atom is -0.490 e. The lowest BCUT2D eigenvalue weighted by atomic mass is 9.97. The zero-order valence-corrected chi connectivity index (χ0v) is 26.5. The van der Waals surface area contributed by atoms with Gasteiger partial charge < -0.3 is 18.9 Å². The number of ether oxygens (including phenoxy) is 4. The van der Waals surface area contributed by atoms with Gasteiger partial charge in [0.15, 0.2) is 11.5 Å². The van der Waals surface area contributed by atoms with Crippen molar-refractivity contribution in [1.82, 2.24) is 15.0 Å². The van der Waals surface area contributed by atoms with E-state index < -0.39 is 0 Å². The van der Waals surface area contributed by atoms with Crippen molar-refractivity contribution in [2.24, 2.45) is 5.41 Å². The van der Waals surface area contributed by atoms with Gasteiger partial charge in [-0.3, -0.25) is 9.48 Å².